The summed E-state index contributed by atoms with van der Waals surface area (Å²) in [5.74, 6) is -0.0872. The van der Waals surface area contributed by atoms with E-state index in [1.807, 2.05) is 109 Å². The van der Waals surface area contributed by atoms with Crippen molar-refractivity contribution in [2.24, 2.45) is 0 Å². The lowest BCUT2D eigenvalue weighted by molar-refractivity contribution is 0.0459. The van der Waals surface area contributed by atoms with Crippen LogP contribution in [0.4, 0.5) is 0 Å². The first-order valence-electron chi connectivity index (χ1n) is 13.6. The van der Waals surface area contributed by atoms with E-state index >= 15 is 0 Å². The third kappa shape index (κ3) is 6.38. The Hall–Kier alpha value is -4.46. The summed E-state index contributed by atoms with van der Waals surface area (Å²) in [4.78, 5) is 18.8. The Labute approximate surface area is 253 Å². The fourth-order valence-electron chi connectivity index (χ4n) is 4.81. The van der Waals surface area contributed by atoms with Crippen LogP contribution in [0.2, 0.25) is 0 Å². The van der Waals surface area contributed by atoms with E-state index in [1.54, 1.807) is 0 Å². The predicted molar refractivity (Wildman–Crippen MR) is 163 cm³/mol. The number of aromatic nitrogens is 1. The van der Waals surface area contributed by atoms with Crippen molar-refractivity contribution < 1.29 is 23.7 Å². The molecule has 6 nitrogen and oxygen atoms in total. The van der Waals surface area contributed by atoms with E-state index in [9.17, 15) is 4.79 Å². The summed E-state index contributed by atoms with van der Waals surface area (Å²) < 4.78 is 25.6. The standard InChI is InChI=1S/C35H28BrNO5/c36-28-16-17-29-27(18-28)22-39-23-30-32(29)37-34(41-20-25-12-6-2-7-13-25)31(33(30)40-19-24-10-4-1-5-11-24)35(38)42-21-26-14-8-3-9-15-26/h1-18H,19-23H2. The van der Waals surface area contributed by atoms with Gasteiger partial charge in [-0.2, -0.15) is 0 Å². The number of benzene rings is 4. The highest BCUT2D eigenvalue weighted by Gasteiger charge is 2.31. The van der Waals surface area contributed by atoms with Crippen LogP contribution in [0.3, 0.4) is 0 Å². The Kier molecular flexibility index (Phi) is 8.59. The Bertz CT molecular complexity index is 1680. The molecule has 1 aliphatic rings. The Morgan fingerprint density at radius 2 is 1.33 bits per heavy atom. The van der Waals surface area contributed by atoms with Gasteiger partial charge in [0, 0.05) is 15.6 Å². The summed E-state index contributed by atoms with van der Waals surface area (Å²) in [6, 6.07) is 35.1. The second-order valence-corrected chi connectivity index (χ2v) is 10.8. The van der Waals surface area contributed by atoms with Gasteiger partial charge in [0.2, 0.25) is 5.88 Å². The molecule has 0 bridgehead atoms. The number of hydrogen-bond acceptors (Lipinski definition) is 6. The van der Waals surface area contributed by atoms with Crippen molar-refractivity contribution >= 4 is 21.9 Å². The van der Waals surface area contributed by atoms with Crippen LogP contribution < -0.4 is 9.47 Å². The molecule has 1 aliphatic heterocycles. The lowest BCUT2D eigenvalue weighted by Gasteiger charge is -2.20. The van der Waals surface area contributed by atoms with Crippen molar-refractivity contribution in [1.29, 1.82) is 0 Å². The summed E-state index contributed by atoms with van der Waals surface area (Å²) in [7, 11) is 0. The summed E-state index contributed by atoms with van der Waals surface area (Å²) >= 11 is 3.57. The molecule has 42 heavy (non-hydrogen) atoms. The number of halogens is 1. The minimum absolute atomic E-state index is 0.0976. The molecule has 0 saturated heterocycles. The van der Waals surface area contributed by atoms with Crippen molar-refractivity contribution in [2.45, 2.75) is 33.0 Å². The first kappa shape index (κ1) is 27.7. The molecule has 0 spiro atoms. The van der Waals surface area contributed by atoms with E-state index < -0.39 is 5.97 Å². The second-order valence-electron chi connectivity index (χ2n) is 9.85. The molecule has 0 aliphatic carbocycles. The minimum atomic E-state index is -0.583. The molecule has 0 atom stereocenters. The molecule has 0 radical (unpaired) electrons. The van der Waals surface area contributed by atoms with E-state index in [0.717, 1.165) is 32.3 Å². The third-order valence-electron chi connectivity index (χ3n) is 6.90. The Morgan fingerprint density at radius 3 is 1.98 bits per heavy atom. The molecule has 2 heterocycles. The maximum atomic E-state index is 13.9. The van der Waals surface area contributed by atoms with E-state index in [0.29, 0.717) is 23.6 Å². The van der Waals surface area contributed by atoms with Crippen LogP contribution in [-0.4, -0.2) is 11.0 Å². The van der Waals surface area contributed by atoms with E-state index in [1.165, 1.54) is 0 Å². The van der Waals surface area contributed by atoms with Crippen LogP contribution >= 0.6 is 15.9 Å². The molecule has 6 rings (SSSR count). The number of nitrogens with zero attached hydrogens (tertiary/aromatic N) is 1. The number of esters is 1. The number of ether oxygens (including phenoxy) is 4. The molecule has 0 fully saturated rings. The van der Waals surface area contributed by atoms with Gasteiger partial charge in [-0.05, 0) is 34.4 Å². The fourth-order valence-corrected chi connectivity index (χ4v) is 5.22. The first-order chi connectivity index (χ1) is 20.7. The van der Waals surface area contributed by atoms with Gasteiger partial charge in [0.25, 0.3) is 0 Å². The number of rotatable bonds is 9. The maximum Gasteiger partial charge on any atom is 0.347 e. The molecule has 210 valence electrons. The van der Waals surface area contributed by atoms with Gasteiger partial charge in [-0.25, -0.2) is 9.78 Å². The molecule has 5 aromatic rings. The van der Waals surface area contributed by atoms with E-state index in [2.05, 4.69) is 15.9 Å². The summed E-state index contributed by atoms with van der Waals surface area (Å²) in [6.45, 7) is 1.14. The van der Waals surface area contributed by atoms with Crippen LogP contribution in [0.1, 0.15) is 38.2 Å². The minimum Gasteiger partial charge on any atom is -0.487 e. The van der Waals surface area contributed by atoms with E-state index in [4.69, 9.17) is 23.9 Å². The quantitative estimate of drug-likeness (QED) is 0.155. The van der Waals surface area contributed by atoms with Crippen molar-refractivity contribution in [2.75, 3.05) is 0 Å². The number of hydrogen-bond donors (Lipinski definition) is 0. The summed E-state index contributed by atoms with van der Waals surface area (Å²) in [5.41, 5.74) is 6.10. The fraction of sp³-hybridized carbons (Fsp3) is 0.143. The normalized spacial score (nSPS) is 12.0. The zero-order valence-electron chi connectivity index (χ0n) is 22.8. The lowest BCUT2D eigenvalue weighted by atomic mass is 9.99. The van der Waals surface area contributed by atoms with Crippen LogP contribution in [0.15, 0.2) is 114 Å². The largest absolute Gasteiger partial charge is 0.487 e. The molecule has 1 aromatic heterocycles. The molecule has 4 aromatic carbocycles. The van der Waals surface area contributed by atoms with Crippen molar-refractivity contribution in [1.82, 2.24) is 4.98 Å². The molecule has 7 heteroatoms. The van der Waals surface area contributed by atoms with Gasteiger partial charge in [0.15, 0.2) is 5.56 Å². The van der Waals surface area contributed by atoms with Gasteiger partial charge in [0.1, 0.15) is 25.6 Å². The van der Waals surface area contributed by atoms with Crippen molar-refractivity contribution in [3.63, 3.8) is 0 Å². The average Bonchev–Trinajstić information content (AvgIpc) is 3.21. The zero-order chi connectivity index (χ0) is 28.7. The molecule has 0 saturated carbocycles. The van der Waals surface area contributed by atoms with E-state index in [-0.39, 0.29) is 37.9 Å². The number of carbonyl (C=O) groups is 1. The first-order valence-corrected chi connectivity index (χ1v) is 14.4. The maximum absolute atomic E-state index is 13.9. The number of carbonyl (C=O) groups excluding carboxylic acids is 1. The van der Waals surface area contributed by atoms with Crippen LogP contribution in [0.5, 0.6) is 11.6 Å². The molecule has 0 unspecified atom stereocenters. The van der Waals surface area contributed by atoms with Gasteiger partial charge in [-0.15, -0.1) is 0 Å². The van der Waals surface area contributed by atoms with Crippen molar-refractivity contribution in [3.05, 3.63) is 147 Å². The summed E-state index contributed by atoms with van der Waals surface area (Å²) in [6.07, 6.45) is 0. The molecular weight excluding hydrogens is 594 g/mol. The van der Waals surface area contributed by atoms with Gasteiger partial charge >= 0.3 is 5.97 Å². The Morgan fingerprint density at radius 1 is 0.738 bits per heavy atom. The highest BCUT2D eigenvalue weighted by molar-refractivity contribution is 9.10. The second kappa shape index (κ2) is 13.0. The zero-order valence-corrected chi connectivity index (χ0v) is 24.4. The summed E-state index contributed by atoms with van der Waals surface area (Å²) in [5, 5.41) is 0. The monoisotopic (exact) mass is 621 g/mol. The number of fused-ring (bicyclic) bond motifs is 3. The third-order valence-corrected chi connectivity index (χ3v) is 7.40. The SMILES string of the molecule is O=C(OCc1ccccc1)c1c(OCc2ccccc2)nc2c(c1OCc1ccccc1)COCc1cc(Br)ccc1-2. The highest BCUT2D eigenvalue weighted by Crippen LogP contribution is 2.42. The van der Waals surface area contributed by atoms with Crippen molar-refractivity contribution in [3.8, 4) is 22.9 Å². The smallest absolute Gasteiger partial charge is 0.347 e. The van der Waals surface area contributed by atoms with Gasteiger partial charge in [-0.1, -0.05) is 113 Å². The van der Waals surface area contributed by atoms with Crippen LogP contribution in [0, 0.1) is 0 Å². The van der Waals surface area contributed by atoms with Crippen LogP contribution in [-0.2, 0) is 42.5 Å². The highest BCUT2D eigenvalue weighted by atomic mass is 79.9. The molecular formula is C35H28BrNO5. The number of pyridine rings is 1. The van der Waals surface area contributed by atoms with Crippen LogP contribution in [0.25, 0.3) is 11.3 Å². The lowest BCUT2D eigenvalue weighted by Crippen LogP contribution is -2.15. The molecule has 0 N–H and O–H groups in total. The Balaban J connectivity index is 1.47. The van der Waals surface area contributed by atoms with Gasteiger partial charge in [-0.3, -0.25) is 0 Å². The van der Waals surface area contributed by atoms with Gasteiger partial charge < -0.3 is 18.9 Å². The average molecular weight is 623 g/mol. The predicted octanol–water partition coefficient (Wildman–Crippen LogP) is 8.06. The topological polar surface area (TPSA) is 66.9 Å². The van der Waals surface area contributed by atoms with Gasteiger partial charge in [0.05, 0.1) is 18.9 Å². The molecule has 0 amide bonds.